The third-order valence-electron chi connectivity index (χ3n) is 10.7. The van der Waals surface area contributed by atoms with E-state index in [1.807, 2.05) is 30.3 Å². The van der Waals surface area contributed by atoms with Crippen LogP contribution in [0, 0.1) is 0 Å². The molecule has 0 saturated carbocycles. The quantitative estimate of drug-likeness (QED) is 0.168. The fourth-order valence-corrected chi connectivity index (χ4v) is 8.01. The Balaban J connectivity index is 1.08. The van der Waals surface area contributed by atoms with Gasteiger partial charge in [0.05, 0.1) is 0 Å². The van der Waals surface area contributed by atoms with Crippen LogP contribution in [0.3, 0.4) is 0 Å². The SMILES string of the molecule is c1cc(-c2ccc(-c3ccc4ccccc4c3)cc2)cc(-c2nc(-c3cccc4ccc5ccccc5c34)nc(-c3cccc4oc5ccccc5c34)n2)c1. The maximum absolute atomic E-state index is 6.30. The molecule has 0 aliphatic rings. The molecule has 9 aromatic carbocycles. The van der Waals surface area contributed by atoms with E-state index in [1.165, 1.54) is 27.3 Å². The molecule has 2 aromatic heterocycles. The molecule has 4 heteroatoms. The lowest BCUT2D eigenvalue weighted by atomic mass is 9.97. The van der Waals surface area contributed by atoms with Crippen molar-refractivity contribution in [3.63, 3.8) is 0 Å². The third kappa shape index (κ3) is 5.34. The lowest BCUT2D eigenvalue weighted by molar-refractivity contribution is 0.669. The fraction of sp³-hybridized carbons (Fsp3) is 0. The molecule has 55 heavy (non-hydrogen) atoms. The monoisotopic (exact) mass is 701 g/mol. The van der Waals surface area contributed by atoms with Crippen LogP contribution in [0.4, 0.5) is 0 Å². The molecule has 0 fully saturated rings. The van der Waals surface area contributed by atoms with Crippen molar-refractivity contribution in [2.75, 3.05) is 0 Å². The summed E-state index contributed by atoms with van der Waals surface area (Å²) >= 11 is 0. The maximum Gasteiger partial charge on any atom is 0.164 e. The molecule has 2 heterocycles. The Labute approximate surface area is 317 Å². The van der Waals surface area contributed by atoms with Crippen LogP contribution >= 0.6 is 0 Å². The Hall–Kier alpha value is -7.43. The van der Waals surface area contributed by atoms with Crippen LogP contribution in [0.25, 0.3) is 111 Å². The van der Waals surface area contributed by atoms with Crippen molar-refractivity contribution in [2.45, 2.75) is 0 Å². The van der Waals surface area contributed by atoms with Crippen LogP contribution in [0.1, 0.15) is 0 Å². The first-order valence-electron chi connectivity index (χ1n) is 18.5. The largest absolute Gasteiger partial charge is 0.456 e. The smallest absolute Gasteiger partial charge is 0.164 e. The standard InChI is InChI=1S/C51H31N3O/c1-2-12-37-30-39(29-26-32(37)10-1)34-24-22-33(23-25-34)38-14-7-15-40(31-38)49-52-50(43-18-8-13-36-28-27-35-11-3-4-16-41(35)47(36)43)54-51(53-49)44-19-9-21-46-48(44)42-17-5-6-20-45(42)55-46/h1-31H. The van der Waals surface area contributed by atoms with Crippen molar-refractivity contribution in [3.8, 4) is 56.4 Å². The number of benzene rings is 9. The van der Waals surface area contributed by atoms with Gasteiger partial charge < -0.3 is 4.42 Å². The van der Waals surface area contributed by atoms with Crippen molar-refractivity contribution in [3.05, 3.63) is 188 Å². The summed E-state index contributed by atoms with van der Waals surface area (Å²) in [6.07, 6.45) is 0. The molecule has 256 valence electrons. The molecule has 0 radical (unpaired) electrons. The summed E-state index contributed by atoms with van der Waals surface area (Å²) in [6.45, 7) is 0. The Bertz CT molecular complexity index is 3270. The van der Waals surface area contributed by atoms with Crippen LogP contribution in [-0.4, -0.2) is 15.0 Å². The molecule has 0 spiro atoms. The summed E-state index contributed by atoms with van der Waals surface area (Å²) in [7, 11) is 0. The second kappa shape index (κ2) is 12.6. The number of rotatable bonds is 5. The van der Waals surface area contributed by atoms with Crippen molar-refractivity contribution in [1.82, 2.24) is 15.0 Å². The molecule has 0 amide bonds. The fourth-order valence-electron chi connectivity index (χ4n) is 8.01. The minimum Gasteiger partial charge on any atom is -0.456 e. The number of nitrogens with zero attached hydrogens (tertiary/aromatic N) is 3. The summed E-state index contributed by atoms with van der Waals surface area (Å²) < 4.78 is 6.30. The van der Waals surface area contributed by atoms with Crippen molar-refractivity contribution in [2.24, 2.45) is 0 Å². The van der Waals surface area contributed by atoms with Crippen LogP contribution < -0.4 is 0 Å². The average molecular weight is 702 g/mol. The first-order valence-corrected chi connectivity index (χ1v) is 18.5. The van der Waals surface area contributed by atoms with Gasteiger partial charge in [-0.15, -0.1) is 0 Å². The first kappa shape index (κ1) is 31.1. The Kier molecular flexibility index (Phi) is 7.14. The van der Waals surface area contributed by atoms with Gasteiger partial charge in [0.25, 0.3) is 0 Å². The number of fused-ring (bicyclic) bond motifs is 7. The topological polar surface area (TPSA) is 51.8 Å². The van der Waals surface area contributed by atoms with Gasteiger partial charge in [-0.25, -0.2) is 15.0 Å². The number of furan rings is 1. The van der Waals surface area contributed by atoms with Gasteiger partial charge in [0, 0.05) is 32.8 Å². The molecule has 0 aliphatic heterocycles. The zero-order valence-corrected chi connectivity index (χ0v) is 29.6. The van der Waals surface area contributed by atoms with Gasteiger partial charge in [-0.3, -0.25) is 0 Å². The lowest BCUT2D eigenvalue weighted by Crippen LogP contribution is -2.01. The van der Waals surface area contributed by atoms with Crippen LogP contribution in [0.2, 0.25) is 0 Å². The average Bonchev–Trinajstić information content (AvgIpc) is 3.65. The van der Waals surface area contributed by atoms with E-state index in [4.69, 9.17) is 19.4 Å². The van der Waals surface area contributed by atoms with Crippen LogP contribution in [-0.2, 0) is 0 Å². The van der Waals surface area contributed by atoms with E-state index >= 15 is 0 Å². The van der Waals surface area contributed by atoms with Gasteiger partial charge in [-0.2, -0.15) is 0 Å². The second-order valence-electron chi connectivity index (χ2n) is 14.0. The number of hydrogen-bond acceptors (Lipinski definition) is 4. The second-order valence-corrected chi connectivity index (χ2v) is 14.0. The van der Waals surface area contributed by atoms with E-state index in [2.05, 4.69) is 158 Å². The van der Waals surface area contributed by atoms with Crippen LogP contribution in [0.15, 0.2) is 192 Å². The first-order chi connectivity index (χ1) is 27.2. The van der Waals surface area contributed by atoms with Gasteiger partial charge in [0.1, 0.15) is 11.2 Å². The van der Waals surface area contributed by atoms with Crippen molar-refractivity contribution >= 4 is 54.3 Å². The molecular formula is C51H31N3O. The molecule has 11 rings (SSSR count). The van der Waals surface area contributed by atoms with Crippen molar-refractivity contribution in [1.29, 1.82) is 0 Å². The highest BCUT2D eigenvalue weighted by atomic mass is 16.3. The van der Waals surface area contributed by atoms with Gasteiger partial charge >= 0.3 is 0 Å². The highest BCUT2D eigenvalue weighted by molar-refractivity contribution is 6.14. The highest BCUT2D eigenvalue weighted by Crippen LogP contribution is 2.39. The third-order valence-corrected chi connectivity index (χ3v) is 10.7. The van der Waals surface area contributed by atoms with Gasteiger partial charge in [-0.1, -0.05) is 164 Å². The number of hydrogen-bond donors (Lipinski definition) is 0. The summed E-state index contributed by atoms with van der Waals surface area (Å²) in [6, 6.07) is 65.9. The molecule has 0 aliphatic carbocycles. The predicted molar refractivity (Wildman–Crippen MR) is 227 cm³/mol. The Morgan fingerprint density at radius 2 is 0.818 bits per heavy atom. The Morgan fingerprint density at radius 3 is 1.64 bits per heavy atom. The molecule has 0 saturated heterocycles. The van der Waals surface area contributed by atoms with E-state index in [0.717, 1.165) is 65.9 Å². The van der Waals surface area contributed by atoms with E-state index < -0.39 is 0 Å². The normalized spacial score (nSPS) is 11.6. The number of para-hydroxylation sites is 1. The molecule has 0 unspecified atom stereocenters. The summed E-state index contributed by atoms with van der Waals surface area (Å²) in [5.74, 6) is 1.83. The minimum absolute atomic E-state index is 0.597. The Morgan fingerprint density at radius 1 is 0.291 bits per heavy atom. The molecular weight excluding hydrogens is 671 g/mol. The van der Waals surface area contributed by atoms with Crippen LogP contribution in [0.5, 0.6) is 0 Å². The van der Waals surface area contributed by atoms with E-state index in [0.29, 0.717) is 17.5 Å². The maximum atomic E-state index is 6.30. The minimum atomic E-state index is 0.597. The highest BCUT2D eigenvalue weighted by Gasteiger charge is 2.19. The lowest BCUT2D eigenvalue weighted by Gasteiger charge is -2.13. The zero-order valence-electron chi connectivity index (χ0n) is 29.6. The summed E-state index contributed by atoms with van der Waals surface area (Å²) in [5.41, 5.74) is 9.00. The molecule has 0 bridgehead atoms. The molecule has 0 atom stereocenters. The number of aromatic nitrogens is 3. The van der Waals surface area contributed by atoms with E-state index in [-0.39, 0.29) is 0 Å². The van der Waals surface area contributed by atoms with E-state index in [9.17, 15) is 0 Å². The molecule has 0 N–H and O–H groups in total. The summed E-state index contributed by atoms with van der Waals surface area (Å²) in [4.78, 5) is 15.7. The van der Waals surface area contributed by atoms with Gasteiger partial charge in [0.15, 0.2) is 17.5 Å². The predicted octanol–water partition coefficient (Wildman–Crippen LogP) is 13.6. The van der Waals surface area contributed by atoms with Crippen molar-refractivity contribution < 1.29 is 4.42 Å². The molecule has 11 aromatic rings. The molecule has 4 nitrogen and oxygen atoms in total. The van der Waals surface area contributed by atoms with Gasteiger partial charge in [0.2, 0.25) is 0 Å². The van der Waals surface area contributed by atoms with Gasteiger partial charge in [-0.05, 0) is 73.5 Å². The summed E-state index contributed by atoms with van der Waals surface area (Å²) in [5, 5.41) is 9.09. The zero-order chi connectivity index (χ0) is 36.3. The van der Waals surface area contributed by atoms with E-state index in [1.54, 1.807) is 0 Å².